The zero-order chi connectivity index (χ0) is 13.9. The summed E-state index contributed by atoms with van der Waals surface area (Å²) in [7, 11) is 0. The van der Waals surface area contributed by atoms with E-state index in [1.54, 1.807) is 35.6 Å². The lowest BCUT2D eigenvalue weighted by Crippen LogP contribution is -2.09. The lowest BCUT2D eigenvalue weighted by Gasteiger charge is -2.00. The number of benzene rings is 1. The van der Waals surface area contributed by atoms with E-state index in [2.05, 4.69) is 10.3 Å². The van der Waals surface area contributed by atoms with Crippen LogP contribution in [0.15, 0.2) is 40.1 Å². The lowest BCUT2D eigenvalue weighted by atomic mass is 10.3. The highest BCUT2D eigenvalue weighted by Crippen LogP contribution is 2.28. The number of oxazole rings is 1. The third-order valence-electron chi connectivity index (χ3n) is 2.64. The third kappa shape index (κ3) is 2.39. The zero-order valence-electron chi connectivity index (χ0n) is 10.3. The summed E-state index contributed by atoms with van der Waals surface area (Å²) < 4.78 is 5.65. The quantitative estimate of drug-likeness (QED) is 0.798. The maximum absolute atomic E-state index is 11.4. The van der Waals surface area contributed by atoms with Crippen LogP contribution in [0.3, 0.4) is 0 Å². The number of nitriles is 1. The van der Waals surface area contributed by atoms with Crippen LogP contribution >= 0.6 is 11.3 Å². The molecule has 0 bridgehead atoms. The van der Waals surface area contributed by atoms with Crippen molar-refractivity contribution in [3.05, 3.63) is 35.7 Å². The molecule has 0 aliphatic carbocycles. The van der Waals surface area contributed by atoms with Gasteiger partial charge in [-0.15, -0.1) is 11.3 Å². The number of rotatable bonds is 3. The van der Waals surface area contributed by atoms with Gasteiger partial charge in [0.25, 0.3) is 0 Å². The molecule has 3 rings (SSSR count). The highest BCUT2D eigenvalue weighted by molar-refractivity contribution is 7.13. The first-order valence-electron chi connectivity index (χ1n) is 5.87. The van der Waals surface area contributed by atoms with E-state index >= 15 is 0 Å². The molecule has 5 nitrogen and oxygen atoms in total. The minimum Gasteiger partial charge on any atom is -0.435 e. The zero-order valence-corrected chi connectivity index (χ0v) is 11.1. The molecule has 0 fully saturated rings. The summed E-state index contributed by atoms with van der Waals surface area (Å²) in [6, 6.07) is 10.9. The van der Waals surface area contributed by atoms with Crippen LogP contribution in [0.5, 0.6) is 0 Å². The van der Waals surface area contributed by atoms with E-state index < -0.39 is 0 Å². The van der Waals surface area contributed by atoms with E-state index in [-0.39, 0.29) is 12.3 Å². The van der Waals surface area contributed by atoms with E-state index in [9.17, 15) is 4.79 Å². The smallest absolute Gasteiger partial charge is 0.238 e. The van der Waals surface area contributed by atoms with Gasteiger partial charge in [0, 0.05) is 5.69 Å². The minimum absolute atomic E-state index is 0.169. The van der Waals surface area contributed by atoms with Gasteiger partial charge < -0.3 is 9.73 Å². The van der Waals surface area contributed by atoms with Crippen molar-refractivity contribution < 1.29 is 9.21 Å². The van der Waals surface area contributed by atoms with Crippen LogP contribution in [0.2, 0.25) is 0 Å². The maximum Gasteiger partial charge on any atom is 0.238 e. The van der Waals surface area contributed by atoms with Crippen LogP contribution in [-0.2, 0) is 4.79 Å². The molecule has 0 unspecified atom stereocenters. The second-order valence-electron chi connectivity index (χ2n) is 4.06. The Morgan fingerprint density at radius 1 is 1.45 bits per heavy atom. The number of nitrogens with zero attached hydrogens (tertiary/aromatic N) is 2. The van der Waals surface area contributed by atoms with Gasteiger partial charge >= 0.3 is 0 Å². The Balaban J connectivity index is 1.92. The van der Waals surface area contributed by atoms with Gasteiger partial charge in [-0.05, 0) is 29.6 Å². The van der Waals surface area contributed by atoms with Crippen LogP contribution < -0.4 is 5.32 Å². The molecule has 0 radical (unpaired) electrons. The standard InChI is InChI=1S/C14H9N3O2S/c15-6-5-13(18)16-9-3-4-11-10(8-9)17-14(19-11)12-2-1-7-20-12/h1-4,7-8H,5H2,(H,16,18). The number of nitrogens with one attached hydrogen (secondary N) is 1. The summed E-state index contributed by atoms with van der Waals surface area (Å²) in [4.78, 5) is 16.7. The molecule has 98 valence electrons. The Labute approximate surface area is 118 Å². The minimum atomic E-state index is -0.339. The number of hydrogen-bond acceptors (Lipinski definition) is 5. The molecule has 1 amide bonds. The van der Waals surface area contributed by atoms with Gasteiger partial charge in [-0.1, -0.05) is 6.07 Å². The van der Waals surface area contributed by atoms with E-state index in [1.807, 2.05) is 17.5 Å². The average molecular weight is 283 g/mol. The van der Waals surface area contributed by atoms with Crippen molar-refractivity contribution in [3.63, 3.8) is 0 Å². The SMILES string of the molecule is N#CCC(=O)Nc1ccc2oc(-c3cccs3)nc2c1. The monoisotopic (exact) mass is 283 g/mol. The van der Waals surface area contributed by atoms with Crippen molar-refractivity contribution in [2.75, 3.05) is 5.32 Å². The molecular formula is C14H9N3O2S. The Bertz CT molecular complexity index is 800. The van der Waals surface area contributed by atoms with E-state index in [0.29, 0.717) is 22.7 Å². The molecule has 0 aliphatic rings. The van der Waals surface area contributed by atoms with Crippen molar-refractivity contribution in [1.82, 2.24) is 4.98 Å². The predicted octanol–water partition coefficient (Wildman–Crippen LogP) is 3.41. The van der Waals surface area contributed by atoms with E-state index in [4.69, 9.17) is 9.68 Å². The van der Waals surface area contributed by atoms with Crippen molar-refractivity contribution in [3.8, 4) is 16.8 Å². The highest BCUT2D eigenvalue weighted by atomic mass is 32.1. The molecule has 3 aromatic rings. The molecule has 0 aliphatic heterocycles. The molecule has 1 N–H and O–H groups in total. The number of hydrogen-bond donors (Lipinski definition) is 1. The van der Waals surface area contributed by atoms with Gasteiger partial charge in [0.05, 0.1) is 10.9 Å². The number of carbonyl (C=O) groups excluding carboxylic acids is 1. The Morgan fingerprint density at radius 2 is 2.35 bits per heavy atom. The van der Waals surface area contributed by atoms with Gasteiger partial charge in [0.15, 0.2) is 5.58 Å². The summed E-state index contributed by atoms with van der Waals surface area (Å²) in [6.07, 6.45) is -0.169. The first-order chi connectivity index (χ1) is 9.76. The number of fused-ring (bicyclic) bond motifs is 1. The van der Waals surface area contributed by atoms with Gasteiger partial charge in [0.2, 0.25) is 11.8 Å². The Hall–Kier alpha value is -2.65. The average Bonchev–Trinajstić information content (AvgIpc) is 3.07. The topological polar surface area (TPSA) is 78.9 Å². The number of thiophene rings is 1. The molecule has 1 aromatic carbocycles. The van der Waals surface area contributed by atoms with Gasteiger partial charge in [-0.3, -0.25) is 4.79 Å². The highest BCUT2D eigenvalue weighted by Gasteiger charge is 2.10. The molecule has 0 saturated carbocycles. The molecule has 0 spiro atoms. The van der Waals surface area contributed by atoms with Gasteiger partial charge in [0.1, 0.15) is 11.9 Å². The molecule has 20 heavy (non-hydrogen) atoms. The summed E-state index contributed by atoms with van der Waals surface area (Å²) >= 11 is 1.55. The third-order valence-corrected chi connectivity index (χ3v) is 3.50. The van der Waals surface area contributed by atoms with Crippen LogP contribution in [-0.4, -0.2) is 10.9 Å². The Kier molecular flexibility index (Phi) is 3.19. The number of amides is 1. The first-order valence-corrected chi connectivity index (χ1v) is 6.75. The number of anilines is 1. The van der Waals surface area contributed by atoms with E-state index in [1.165, 1.54) is 0 Å². The van der Waals surface area contributed by atoms with E-state index in [0.717, 1.165) is 4.88 Å². The summed E-state index contributed by atoms with van der Waals surface area (Å²) in [6.45, 7) is 0. The summed E-state index contributed by atoms with van der Waals surface area (Å²) in [5, 5.41) is 13.1. The normalized spacial score (nSPS) is 10.3. The van der Waals surface area contributed by atoms with Crippen LogP contribution in [0.4, 0.5) is 5.69 Å². The molecule has 2 aromatic heterocycles. The summed E-state index contributed by atoms with van der Waals surface area (Å²) in [5.74, 6) is 0.226. The predicted molar refractivity (Wildman–Crippen MR) is 76.2 cm³/mol. The van der Waals surface area contributed by atoms with Crippen molar-refractivity contribution >= 4 is 34.0 Å². The van der Waals surface area contributed by atoms with Crippen molar-refractivity contribution in [2.24, 2.45) is 0 Å². The molecule has 0 saturated heterocycles. The Morgan fingerprint density at radius 3 is 3.10 bits per heavy atom. The number of carbonyl (C=O) groups is 1. The summed E-state index contributed by atoms with van der Waals surface area (Å²) in [5.41, 5.74) is 1.93. The van der Waals surface area contributed by atoms with Gasteiger partial charge in [-0.2, -0.15) is 5.26 Å². The van der Waals surface area contributed by atoms with Crippen LogP contribution in [0, 0.1) is 11.3 Å². The fraction of sp³-hybridized carbons (Fsp3) is 0.0714. The van der Waals surface area contributed by atoms with Crippen LogP contribution in [0.25, 0.3) is 21.9 Å². The first kappa shape index (κ1) is 12.4. The maximum atomic E-state index is 11.4. The molecule has 2 heterocycles. The molecular weight excluding hydrogens is 274 g/mol. The fourth-order valence-electron chi connectivity index (χ4n) is 1.79. The molecule has 6 heteroatoms. The molecule has 0 atom stereocenters. The van der Waals surface area contributed by atoms with Crippen LogP contribution in [0.1, 0.15) is 6.42 Å². The second-order valence-corrected chi connectivity index (χ2v) is 5.01. The van der Waals surface area contributed by atoms with Crippen molar-refractivity contribution in [1.29, 1.82) is 5.26 Å². The largest absolute Gasteiger partial charge is 0.435 e. The van der Waals surface area contributed by atoms with Gasteiger partial charge in [-0.25, -0.2) is 4.98 Å². The fourth-order valence-corrected chi connectivity index (χ4v) is 2.44. The van der Waals surface area contributed by atoms with Crippen molar-refractivity contribution in [2.45, 2.75) is 6.42 Å². The second kappa shape index (κ2) is 5.15. The lowest BCUT2D eigenvalue weighted by molar-refractivity contribution is -0.115. The number of aromatic nitrogens is 1.